The highest BCUT2D eigenvalue weighted by molar-refractivity contribution is 6.20. The van der Waals surface area contributed by atoms with Crippen LogP contribution in [0.2, 0.25) is 0 Å². The summed E-state index contributed by atoms with van der Waals surface area (Å²) in [4.78, 5) is 14.2. The number of para-hydroxylation sites is 2. The Morgan fingerprint density at radius 1 is 0.610 bits per heavy atom. The molecule has 1 aliphatic rings. The lowest BCUT2D eigenvalue weighted by Crippen LogP contribution is -1.96. The second-order valence-corrected chi connectivity index (χ2v) is 10.9. The molecule has 0 bridgehead atoms. The van der Waals surface area contributed by atoms with Crippen LogP contribution in [0.4, 0.5) is 0 Å². The summed E-state index contributed by atoms with van der Waals surface area (Å²) >= 11 is 0. The number of rotatable bonds is 1. The van der Waals surface area contributed by atoms with Crippen LogP contribution < -0.4 is 0 Å². The van der Waals surface area contributed by atoms with E-state index >= 15 is 0 Å². The summed E-state index contributed by atoms with van der Waals surface area (Å²) in [7, 11) is 0. The predicted octanol–water partition coefficient (Wildman–Crippen LogP) is 8.25. The van der Waals surface area contributed by atoms with Crippen molar-refractivity contribution in [2.24, 2.45) is 0 Å². The minimum atomic E-state index is 0.858. The number of imidazole rings is 1. The molecule has 0 N–H and O–H groups in total. The molecule has 5 aromatic heterocycles. The molecule has 0 amide bonds. The van der Waals surface area contributed by atoms with E-state index in [0.29, 0.717) is 0 Å². The van der Waals surface area contributed by atoms with Crippen LogP contribution in [0.1, 0.15) is 11.1 Å². The molecule has 0 atom stereocenters. The average Bonchev–Trinajstić information content (AvgIpc) is 3.71. The van der Waals surface area contributed by atoms with Gasteiger partial charge in [-0.3, -0.25) is 14.4 Å². The van der Waals surface area contributed by atoms with Gasteiger partial charge in [0.15, 0.2) is 0 Å². The number of benzene rings is 4. The van der Waals surface area contributed by atoms with Crippen molar-refractivity contribution in [1.29, 1.82) is 0 Å². The first kappa shape index (κ1) is 21.3. The van der Waals surface area contributed by atoms with Crippen molar-refractivity contribution in [3.8, 4) is 16.8 Å². The zero-order chi connectivity index (χ0) is 26.7. The fourth-order valence-electron chi connectivity index (χ4n) is 7.25. The summed E-state index contributed by atoms with van der Waals surface area (Å²) in [5.74, 6) is 0. The first-order chi connectivity index (χ1) is 20.4. The second kappa shape index (κ2) is 7.55. The highest BCUT2D eigenvalue weighted by Gasteiger charge is 2.28. The van der Waals surface area contributed by atoms with Crippen molar-refractivity contribution in [2.75, 3.05) is 0 Å². The SMILES string of the molecule is c1ccc(-n2c3ccccc3c3ccc4c(c32)-c2ccc3c5cnccc5n5c6cnccc6nc5c3c2C4)cc1. The maximum absolute atomic E-state index is 5.19. The van der Waals surface area contributed by atoms with Crippen molar-refractivity contribution in [2.45, 2.75) is 6.42 Å². The summed E-state index contributed by atoms with van der Waals surface area (Å²) in [6.45, 7) is 0. The number of pyridine rings is 3. The zero-order valence-electron chi connectivity index (χ0n) is 21.9. The van der Waals surface area contributed by atoms with Crippen LogP contribution in [0.15, 0.2) is 116 Å². The lowest BCUT2D eigenvalue weighted by Gasteiger charge is -2.13. The molecule has 5 nitrogen and oxygen atoms in total. The fraction of sp³-hybridized carbons (Fsp3) is 0.0278. The van der Waals surface area contributed by atoms with Gasteiger partial charge in [-0.25, -0.2) is 4.98 Å². The van der Waals surface area contributed by atoms with E-state index in [1.165, 1.54) is 60.5 Å². The number of nitrogens with zero attached hydrogens (tertiary/aromatic N) is 5. The molecule has 0 saturated heterocycles. The van der Waals surface area contributed by atoms with Crippen LogP contribution in [0, 0.1) is 0 Å². The maximum atomic E-state index is 5.19. The van der Waals surface area contributed by atoms with E-state index in [0.717, 1.165) is 34.0 Å². The minimum absolute atomic E-state index is 0.858. The lowest BCUT2D eigenvalue weighted by molar-refractivity contribution is 1.18. The van der Waals surface area contributed by atoms with Gasteiger partial charge < -0.3 is 4.57 Å². The molecule has 0 unspecified atom stereocenters. The van der Waals surface area contributed by atoms with Crippen molar-refractivity contribution in [3.63, 3.8) is 0 Å². The molecule has 5 heterocycles. The van der Waals surface area contributed by atoms with Crippen LogP contribution in [-0.2, 0) is 6.42 Å². The Kier molecular flexibility index (Phi) is 3.92. The molecule has 9 aromatic rings. The molecule has 4 aromatic carbocycles. The monoisotopic (exact) mass is 523 g/mol. The summed E-state index contributed by atoms with van der Waals surface area (Å²) in [6, 6.07) is 32.8. The number of aromatic nitrogens is 5. The van der Waals surface area contributed by atoms with Gasteiger partial charge in [0.25, 0.3) is 0 Å². The van der Waals surface area contributed by atoms with Crippen molar-refractivity contribution < 1.29 is 0 Å². The third-order valence-corrected chi connectivity index (χ3v) is 8.90. The van der Waals surface area contributed by atoms with Crippen LogP contribution >= 0.6 is 0 Å². The van der Waals surface area contributed by atoms with Crippen molar-refractivity contribution >= 4 is 60.2 Å². The molecule has 0 spiro atoms. The molecular formula is C36H21N5. The van der Waals surface area contributed by atoms with Crippen molar-refractivity contribution in [1.82, 2.24) is 23.9 Å². The van der Waals surface area contributed by atoms with E-state index < -0.39 is 0 Å². The summed E-state index contributed by atoms with van der Waals surface area (Å²) in [6.07, 6.45) is 8.44. The fourth-order valence-corrected chi connectivity index (χ4v) is 7.25. The first-order valence-corrected chi connectivity index (χ1v) is 13.9. The Bertz CT molecular complexity index is 2550. The average molecular weight is 524 g/mol. The highest BCUT2D eigenvalue weighted by Crippen LogP contribution is 2.48. The van der Waals surface area contributed by atoms with Crippen LogP contribution in [0.3, 0.4) is 0 Å². The largest absolute Gasteiger partial charge is 0.309 e. The Morgan fingerprint density at radius 2 is 1.44 bits per heavy atom. The molecule has 190 valence electrons. The zero-order valence-corrected chi connectivity index (χ0v) is 21.9. The summed E-state index contributed by atoms with van der Waals surface area (Å²) < 4.78 is 4.71. The lowest BCUT2D eigenvalue weighted by atomic mass is 9.97. The summed E-state index contributed by atoms with van der Waals surface area (Å²) in [5.41, 5.74) is 13.0. The normalized spacial score (nSPS) is 12.8. The first-order valence-electron chi connectivity index (χ1n) is 13.9. The molecule has 0 saturated carbocycles. The third-order valence-electron chi connectivity index (χ3n) is 8.90. The Balaban J connectivity index is 1.40. The van der Waals surface area contributed by atoms with Gasteiger partial charge in [0.2, 0.25) is 0 Å². The quantitative estimate of drug-likeness (QED) is 0.204. The van der Waals surface area contributed by atoms with E-state index in [9.17, 15) is 0 Å². The van der Waals surface area contributed by atoms with Gasteiger partial charge in [0.05, 0.1) is 33.8 Å². The number of hydrogen-bond donors (Lipinski definition) is 0. The minimum Gasteiger partial charge on any atom is -0.309 e. The maximum Gasteiger partial charge on any atom is 0.146 e. The molecule has 0 aliphatic heterocycles. The van der Waals surface area contributed by atoms with Gasteiger partial charge in [0.1, 0.15) is 5.65 Å². The number of fused-ring (bicyclic) bond motifs is 16. The number of hydrogen-bond acceptors (Lipinski definition) is 3. The van der Waals surface area contributed by atoms with Gasteiger partial charge >= 0.3 is 0 Å². The van der Waals surface area contributed by atoms with Gasteiger partial charge in [0, 0.05) is 51.4 Å². The molecule has 0 radical (unpaired) electrons. The van der Waals surface area contributed by atoms with Gasteiger partial charge in [-0.05, 0) is 58.8 Å². The Morgan fingerprint density at radius 3 is 2.39 bits per heavy atom. The van der Waals surface area contributed by atoms with Crippen LogP contribution in [-0.4, -0.2) is 23.9 Å². The Hall–Kier alpha value is -5.55. The third kappa shape index (κ3) is 2.63. The van der Waals surface area contributed by atoms with Crippen molar-refractivity contribution in [3.05, 3.63) is 127 Å². The molecular weight excluding hydrogens is 502 g/mol. The van der Waals surface area contributed by atoms with Crippen LogP contribution in [0.5, 0.6) is 0 Å². The molecule has 1 aliphatic carbocycles. The van der Waals surface area contributed by atoms with Crippen LogP contribution in [0.25, 0.3) is 77.0 Å². The van der Waals surface area contributed by atoms with E-state index in [1.807, 2.05) is 30.9 Å². The topological polar surface area (TPSA) is 48.0 Å². The van der Waals surface area contributed by atoms with Gasteiger partial charge in [-0.1, -0.05) is 60.7 Å². The standard InChI is InChI=1S/C36H21N5/c1-2-6-22(7-3-1)40-30-9-5-4-8-23(30)26-11-10-21-18-27-24(33(21)35(26)40)12-13-25-28-19-37-17-15-31(28)41-32-20-38-16-14-29(32)39-36(41)34(25)27/h1-17,19-20H,18H2. The predicted molar refractivity (Wildman–Crippen MR) is 166 cm³/mol. The molecule has 41 heavy (non-hydrogen) atoms. The van der Waals surface area contributed by atoms with Gasteiger partial charge in [-0.15, -0.1) is 0 Å². The summed E-state index contributed by atoms with van der Waals surface area (Å²) in [5, 5.41) is 6.07. The second-order valence-electron chi connectivity index (χ2n) is 10.9. The smallest absolute Gasteiger partial charge is 0.146 e. The van der Waals surface area contributed by atoms with E-state index in [-0.39, 0.29) is 0 Å². The Labute approximate surface area is 234 Å². The molecule has 0 fully saturated rings. The van der Waals surface area contributed by atoms with E-state index in [4.69, 9.17) is 4.98 Å². The van der Waals surface area contributed by atoms with E-state index in [2.05, 4.69) is 104 Å². The van der Waals surface area contributed by atoms with Gasteiger partial charge in [-0.2, -0.15) is 0 Å². The molecule has 10 rings (SSSR count). The highest BCUT2D eigenvalue weighted by atomic mass is 15.0. The van der Waals surface area contributed by atoms with E-state index in [1.54, 1.807) is 0 Å². The molecule has 5 heteroatoms.